The molecular formula is C32H29N7O2. The van der Waals surface area contributed by atoms with E-state index in [1.54, 1.807) is 12.4 Å². The molecule has 204 valence electrons. The third-order valence-electron chi connectivity index (χ3n) is 6.28. The molecule has 3 aromatic carbocycles. The van der Waals surface area contributed by atoms with Crippen molar-refractivity contribution in [3.8, 4) is 40.0 Å². The summed E-state index contributed by atoms with van der Waals surface area (Å²) in [6, 6.07) is 27.1. The standard InChI is InChI=1S/C32H29N7O2/c1-23-21-39(22-35-23)16-7-17-40-27-12-6-9-25(19-27)36-32-33-15-14-29(38-32)30-20-34-31(37-30)24-8-5-13-28(18-24)41-26-10-3-2-4-11-26/h2-6,8-15,18-22H,7,16-17H2,1H3,(H,34,37)(H,33,36,38). The van der Waals surface area contributed by atoms with Crippen LogP contribution in [-0.4, -0.2) is 36.1 Å². The maximum Gasteiger partial charge on any atom is 0.227 e. The number of nitrogens with zero attached hydrogens (tertiary/aromatic N) is 5. The molecule has 0 bridgehead atoms. The van der Waals surface area contributed by atoms with Crippen LogP contribution in [0.25, 0.3) is 22.8 Å². The van der Waals surface area contributed by atoms with E-state index >= 15 is 0 Å². The molecule has 0 atom stereocenters. The number of imidazole rings is 2. The molecule has 0 saturated carbocycles. The molecule has 0 unspecified atom stereocenters. The summed E-state index contributed by atoms with van der Waals surface area (Å²) in [5.74, 6) is 3.50. The monoisotopic (exact) mass is 543 g/mol. The van der Waals surface area contributed by atoms with Gasteiger partial charge in [-0.1, -0.05) is 36.4 Å². The van der Waals surface area contributed by atoms with Crippen molar-refractivity contribution in [3.05, 3.63) is 116 Å². The van der Waals surface area contributed by atoms with Gasteiger partial charge in [-0.15, -0.1) is 0 Å². The van der Waals surface area contributed by atoms with Gasteiger partial charge in [0.05, 0.1) is 36.2 Å². The first-order valence-electron chi connectivity index (χ1n) is 13.4. The van der Waals surface area contributed by atoms with Crippen LogP contribution in [0.2, 0.25) is 0 Å². The zero-order valence-electron chi connectivity index (χ0n) is 22.6. The fourth-order valence-electron chi connectivity index (χ4n) is 4.32. The van der Waals surface area contributed by atoms with Gasteiger partial charge in [0.2, 0.25) is 5.95 Å². The summed E-state index contributed by atoms with van der Waals surface area (Å²) in [4.78, 5) is 21.3. The van der Waals surface area contributed by atoms with E-state index in [0.29, 0.717) is 12.6 Å². The number of rotatable bonds is 11. The number of aryl methyl sites for hydroxylation is 2. The van der Waals surface area contributed by atoms with E-state index in [9.17, 15) is 0 Å². The van der Waals surface area contributed by atoms with Crippen LogP contribution in [0.3, 0.4) is 0 Å². The van der Waals surface area contributed by atoms with Crippen LogP contribution in [0, 0.1) is 6.92 Å². The van der Waals surface area contributed by atoms with E-state index in [4.69, 9.17) is 14.5 Å². The predicted molar refractivity (Wildman–Crippen MR) is 158 cm³/mol. The molecule has 9 heteroatoms. The molecule has 2 N–H and O–H groups in total. The Morgan fingerprint density at radius 1 is 0.854 bits per heavy atom. The molecule has 0 spiro atoms. The topological polar surface area (TPSA) is 103 Å². The molecule has 3 aromatic heterocycles. The number of aromatic nitrogens is 6. The molecule has 0 aliphatic rings. The normalized spacial score (nSPS) is 10.9. The van der Waals surface area contributed by atoms with Crippen molar-refractivity contribution < 1.29 is 9.47 Å². The maximum absolute atomic E-state index is 5.98. The molecule has 0 amide bonds. The number of para-hydroxylation sites is 1. The Hall–Kier alpha value is -5.44. The first-order valence-corrected chi connectivity index (χ1v) is 13.4. The first-order chi connectivity index (χ1) is 20.2. The molecule has 0 fully saturated rings. The van der Waals surface area contributed by atoms with Crippen molar-refractivity contribution >= 4 is 11.6 Å². The van der Waals surface area contributed by atoms with Gasteiger partial charge in [0.1, 0.15) is 23.1 Å². The average Bonchev–Trinajstić information content (AvgIpc) is 3.66. The lowest BCUT2D eigenvalue weighted by molar-refractivity contribution is 0.302. The second-order valence-corrected chi connectivity index (χ2v) is 9.46. The highest BCUT2D eigenvalue weighted by molar-refractivity contribution is 5.65. The smallest absolute Gasteiger partial charge is 0.227 e. The van der Waals surface area contributed by atoms with E-state index in [2.05, 4.69) is 29.8 Å². The van der Waals surface area contributed by atoms with E-state index in [1.165, 1.54) is 0 Å². The highest BCUT2D eigenvalue weighted by Gasteiger charge is 2.10. The molecule has 0 radical (unpaired) electrons. The Kier molecular flexibility index (Phi) is 7.66. The van der Waals surface area contributed by atoms with Crippen LogP contribution >= 0.6 is 0 Å². The van der Waals surface area contributed by atoms with Gasteiger partial charge in [0, 0.05) is 36.3 Å². The van der Waals surface area contributed by atoms with Crippen molar-refractivity contribution in [3.63, 3.8) is 0 Å². The van der Waals surface area contributed by atoms with Crippen molar-refractivity contribution in [2.24, 2.45) is 0 Å². The number of nitrogens with one attached hydrogen (secondary N) is 2. The Morgan fingerprint density at radius 2 is 1.71 bits per heavy atom. The lowest BCUT2D eigenvalue weighted by atomic mass is 10.2. The van der Waals surface area contributed by atoms with E-state index in [-0.39, 0.29) is 0 Å². The third kappa shape index (κ3) is 6.77. The summed E-state index contributed by atoms with van der Waals surface area (Å²) in [5.41, 5.74) is 4.27. The van der Waals surface area contributed by atoms with Gasteiger partial charge in [-0.25, -0.2) is 19.9 Å². The van der Waals surface area contributed by atoms with Gasteiger partial charge in [-0.2, -0.15) is 0 Å². The fraction of sp³-hybridized carbons (Fsp3) is 0.125. The Morgan fingerprint density at radius 3 is 2.59 bits per heavy atom. The summed E-state index contributed by atoms with van der Waals surface area (Å²) in [6.07, 6.45) is 8.25. The number of ether oxygens (including phenoxy) is 2. The number of aromatic amines is 1. The fourth-order valence-corrected chi connectivity index (χ4v) is 4.32. The molecule has 6 rings (SSSR count). The minimum absolute atomic E-state index is 0.476. The summed E-state index contributed by atoms with van der Waals surface area (Å²) in [6.45, 7) is 3.46. The molecule has 0 aliphatic carbocycles. The number of hydrogen-bond donors (Lipinski definition) is 2. The SMILES string of the molecule is Cc1cn(CCCOc2cccc(Nc3nccc(-c4cnc(-c5cccc(Oc6ccccc6)c5)[nH]4)n3)c2)cn1. The number of H-pyrrole nitrogens is 1. The van der Waals surface area contributed by atoms with E-state index in [0.717, 1.165) is 64.4 Å². The van der Waals surface area contributed by atoms with Crippen LogP contribution in [0.5, 0.6) is 17.2 Å². The number of benzene rings is 3. The second-order valence-electron chi connectivity index (χ2n) is 9.46. The minimum Gasteiger partial charge on any atom is -0.493 e. The Bertz CT molecular complexity index is 1730. The van der Waals surface area contributed by atoms with Crippen LogP contribution in [0.15, 0.2) is 110 Å². The quantitative estimate of drug-likeness (QED) is 0.169. The van der Waals surface area contributed by atoms with Crippen LogP contribution in [0.4, 0.5) is 11.6 Å². The molecular weight excluding hydrogens is 514 g/mol. The zero-order chi connectivity index (χ0) is 27.9. The van der Waals surface area contributed by atoms with E-state index < -0.39 is 0 Å². The summed E-state index contributed by atoms with van der Waals surface area (Å²) in [5, 5.41) is 3.28. The van der Waals surface area contributed by atoms with Gasteiger partial charge in [0.15, 0.2) is 0 Å². The van der Waals surface area contributed by atoms with Gasteiger partial charge in [0.25, 0.3) is 0 Å². The van der Waals surface area contributed by atoms with Crippen molar-refractivity contribution in [2.45, 2.75) is 19.9 Å². The van der Waals surface area contributed by atoms with Crippen molar-refractivity contribution in [1.82, 2.24) is 29.5 Å². The minimum atomic E-state index is 0.476. The Labute approximate surface area is 237 Å². The maximum atomic E-state index is 5.98. The van der Waals surface area contributed by atoms with Gasteiger partial charge in [-0.3, -0.25) is 0 Å². The zero-order valence-corrected chi connectivity index (χ0v) is 22.6. The van der Waals surface area contributed by atoms with Gasteiger partial charge >= 0.3 is 0 Å². The lowest BCUT2D eigenvalue weighted by Gasteiger charge is -2.10. The molecule has 9 nitrogen and oxygen atoms in total. The molecule has 0 aliphatic heterocycles. The molecule has 41 heavy (non-hydrogen) atoms. The van der Waals surface area contributed by atoms with E-state index in [1.807, 2.05) is 104 Å². The number of hydrogen-bond acceptors (Lipinski definition) is 7. The molecule has 0 saturated heterocycles. The number of anilines is 2. The highest BCUT2D eigenvalue weighted by Crippen LogP contribution is 2.28. The van der Waals surface area contributed by atoms with Crippen LogP contribution in [0.1, 0.15) is 12.1 Å². The van der Waals surface area contributed by atoms with Crippen LogP contribution < -0.4 is 14.8 Å². The molecule has 6 aromatic rings. The summed E-state index contributed by atoms with van der Waals surface area (Å²) in [7, 11) is 0. The second kappa shape index (κ2) is 12.2. The van der Waals surface area contributed by atoms with Crippen molar-refractivity contribution in [2.75, 3.05) is 11.9 Å². The average molecular weight is 544 g/mol. The van der Waals surface area contributed by atoms with Crippen molar-refractivity contribution in [1.29, 1.82) is 0 Å². The highest BCUT2D eigenvalue weighted by atomic mass is 16.5. The van der Waals surface area contributed by atoms with Crippen LogP contribution in [-0.2, 0) is 6.54 Å². The lowest BCUT2D eigenvalue weighted by Crippen LogP contribution is -2.03. The molecule has 3 heterocycles. The summed E-state index contributed by atoms with van der Waals surface area (Å²) < 4.78 is 14.0. The van der Waals surface area contributed by atoms with Gasteiger partial charge in [-0.05, 0) is 55.8 Å². The van der Waals surface area contributed by atoms with Gasteiger partial charge < -0.3 is 24.3 Å². The largest absolute Gasteiger partial charge is 0.493 e. The third-order valence-corrected chi connectivity index (χ3v) is 6.28. The summed E-state index contributed by atoms with van der Waals surface area (Å²) >= 11 is 0. The first kappa shape index (κ1) is 25.8. The predicted octanol–water partition coefficient (Wildman–Crippen LogP) is 7.04. The Balaban J connectivity index is 1.09.